The highest BCUT2D eigenvalue weighted by Gasteiger charge is 2.10. The second-order valence-electron chi connectivity index (χ2n) is 2.82. The van der Waals surface area contributed by atoms with Gasteiger partial charge in [0.1, 0.15) is 5.69 Å². The van der Waals surface area contributed by atoms with E-state index in [1.807, 2.05) is 0 Å². The monoisotopic (exact) mass is 324 g/mol. The molecule has 0 radical (unpaired) electrons. The predicted molar refractivity (Wildman–Crippen MR) is 66.3 cm³/mol. The van der Waals surface area contributed by atoms with Gasteiger partial charge in [0.25, 0.3) is 0 Å². The first kappa shape index (κ1) is 11.3. The quantitative estimate of drug-likeness (QED) is 0.749. The molecule has 0 spiro atoms. The Kier molecular flexibility index (Phi) is 3.26. The number of rotatable bonds is 1. The molecule has 0 aliphatic rings. The van der Waals surface area contributed by atoms with E-state index in [2.05, 4.69) is 21.0 Å². The first-order valence-electron chi connectivity index (χ1n) is 3.93. The van der Waals surface area contributed by atoms with E-state index in [0.29, 0.717) is 20.8 Å². The molecule has 1 aromatic carbocycles. The van der Waals surface area contributed by atoms with E-state index in [4.69, 9.17) is 34.8 Å². The predicted octanol–water partition coefficient (Wildman–Crippen LogP) is 4.60. The van der Waals surface area contributed by atoms with E-state index >= 15 is 0 Å². The summed E-state index contributed by atoms with van der Waals surface area (Å²) in [5, 5.41) is 5.52. The zero-order chi connectivity index (χ0) is 11.0. The van der Waals surface area contributed by atoms with Crippen molar-refractivity contribution in [2.24, 2.45) is 0 Å². The molecule has 0 N–H and O–H groups in total. The second kappa shape index (κ2) is 4.34. The van der Waals surface area contributed by atoms with Crippen LogP contribution in [0.5, 0.6) is 0 Å². The van der Waals surface area contributed by atoms with Crippen LogP contribution in [0.2, 0.25) is 15.1 Å². The van der Waals surface area contributed by atoms with Gasteiger partial charge in [-0.05, 0) is 28.1 Å². The molecule has 0 amide bonds. The van der Waals surface area contributed by atoms with Crippen molar-refractivity contribution in [2.75, 3.05) is 0 Å². The van der Waals surface area contributed by atoms with E-state index in [9.17, 15) is 0 Å². The summed E-state index contributed by atoms with van der Waals surface area (Å²) in [7, 11) is 0. The molecule has 2 aromatic rings. The van der Waals surface area contributed by atoms with Crippen LogP contribution in [0.3, 0.4) is 0 Å². The maximum absolute atomic E-state index is 6.03. The normalized spacial score (nSPS) is 10.7. The highest BCUT2D eigenvalue weighted by Crippen LogP contribution is 2.32. The van der Waals surface area contributed by atoms with Crippen molar-refractivity contribution >= 4 is 50.7 Å². The van der Waals surface area contributed by atoms with Gasteiger partial charge in [-0.25, -0.2) is 4.68 Å². The smallest absolute Gasteiger partial charge is 0.102 e. The summed E-state index contributed by atoms with van der Waals surface area (Å²) in [4.78, 5) is 0. The lowest BCUT2D eigenvalue weighted by Crippen LogP contribution is -1.96. The van der Waals surface area contributed by atoms with Crippen LogP contribution in [0.15, 0.2) is 29.0 Å². The van der Waals surface area contributed by atoms with Gasteiger partial charge in [0.2, 0.25) is 0 Å². The van der Waals surface area contributed by atoms with Crippen LogP contribution in [0.25, 0.3) is 5.69 Å². The Labute approximate surface area is 110 Å². The van der Waals surface area contributed by atoms with Crippen molar-refractivity contribution in [3.8, 4) is 5.69 Å². The highest BCUT2D eigenvalue weighted by atomic mass is 79.9. The first-order chi connectivity index (χ1) is 7.08. The molecule has 0 saturated heterocycles. The lowest BCUT2D eigenvalue weighted by Gasteiger charge is -2.07. The van der Waals surface area contributed by atoms with E-state index in [0.717, 1.165) is 4.47 Å². The summed E-state index contributed by atoms with van der Waals surface area (Å²) in [6, 6.07) is 3.25. The minimum atomic E-state index is 0.461. The molecular formula is C9H4BrCl3N2. The molecule has 0 aliphatic carbocycles. The van der Waals surface area contributed by atoms with Gasteiger partial charge >= 0.3 is 0 Å². The maximum Gasteiger partial charge on any atom is 0.102 e. The number of aromatic nitrogens is 2. The van der Waals surface area contributed by atoms with Crippen molar-refractivity contribution in [2.45, 2.75) is 0 Å². The van der Waals surface area contributed by atoms with Gasteiger partial charge < -0.3 is 0 Å². The fourth-order valence-electron chi connectivity index (χ4n) is 1.18. The molecule has 0 bridgehead atoms. The van der Waals surface area contributed by atoms with Gasteiger partial charge in [0, 0.05) is 11.2 Å². The first-order valence-corrected chi connectivity index (χ1v) is 5.85. The van der Waals surface area contributed by atoms with Crippen LogP contribution in [-0.2, 0) is 0 Å². The largest absolute Gasteiger partial charge is 0.237 e. The van der Waals surface area contributed by atoms with Crippen LogP contribution >= 0.6 is 50.7 Å². The molecule has 6 heteroatoms. The Morgan fingerprint density at radius 2 is 1.73 bits per heavy atom. The topological polar surface area (TPSA) is 17.8 Å². The number of hydrogen-bond donors (Lipinski definition) is 0. The zero-order valence-electron chi connectivity index (χ0n) is 7.22. The standard InChI is InChI=1S/C9H4BrCl3N2/c10-5-3-14-15(4-5)9-7(12)1-6(11)2-8(9)13/h1-4H. The van der Waals surface area contributed by atoms with Gasteiger partial charge in [-0.3, -0.25) is 0 Å². The van der Waals surface area contributed by atoms with E-state index in [1.54, 1.807) is 29.2 Å². The Morgan fingerprint density at radius 1 is 1.13 bits per heavy atom. The molecule has 1 aromatic heterocycles. The SMILES string of the molecule is Clc1cc(Cl)c(-n2cc(Br)cn2)c(Cl)c1. The van der Waals surface area contributed by atoms with E-state index < -0.39 is 0 Å². The Morgan fingerprint density at radius 3 is 2.20 bits per heavy atom. The molecule has 0 unspecified atom stereocenters. The van der Waals surface area contributed by atoms with Crippen molar-refractivity contribution in [1.82, 2.24) is 9.78 Å². The van der Waals surface area contributed by atoms with E-state index in [-0.39, 0.29) is 0 Å². The summed E-state index contributed by atoms with van der Waals surface area (Å²) in [5.74, 6) is 0. The molecule has 2 nitrogen and oxygen atoms in total. The molecule has 0 fully saturated rings. The second-order valence-corrected chi connectivity index (χ2v) is 4.99. The lowest BCUT2D eigenvalue weighted by atomic mass is 10.3. The summed E-state index contributed by atoms with van der Waals surface area (Å²) in [5.41, 5.74) is 0.619. The zero-order valence-corrected chi connectivity index (χ0v) is 11.1. The summed E-state index contributed by atoms with van der Waals surface area (Å²) >= 11 is 21.2. The maximum atomic E-state index is 6.03. The van der Waals surface area contributed by atoms with Gasteiger partial charge in [-0.15, -0.1) is 0 Å². The third kappa shape index (κ3) is 2.31. The number of nitrogens with zero attached hydrogens (tertiary/aromatic N) is 2. The van der Waals surface area contributed by atoms with Crippen LogP contribution in [0.4, 0.5) is 0 Å². The van der Waals surface area contributed by atoms with Crippen molar-refractivity contribution < 1.29 is 0 Å². The van der Waals surface area contributed by atoms with Crippen LogP contribution in [-0.4, -0.2) is 9.78 Å². The fraction of sp³-hybridized carbons (Fsp3) is 0. The van der Waals surface area contributed by atoms with Gasteiger partial charge in [-0.2, -0.15) is 5.10 Å². The molecule has 78 valence electrons. The van der Waals surface area contributed by atoms with E-state index in [1.165, 1.54) is 0 Å². The minimum Gasteiger partial charge on any atom is -0.237 e. The summed E-state index contributed by atoms with van der Waals surface area (Å²) < 4.78 is 2.44. The summed E-state index contributed by atoms with van der Waals surface area (Å²) in [6.45, 7) is 0. The summed E-state index contributed by atoms with van der Waals surface area (Å²) in [6.07, 6.45) is 3.42. The van der Waals surface area contributed by atoms with Gasteiger partial charge in [0.05, 0.1) is 20.7 Å². The Hall–Kier alpha value is -0.220. The number of benzene rings is 1. The average Bonchev–Trinajstić information content (AvgIpc) is 2.49. The molecule has 0 atom stereocenters. The molecular weight excluding hydrogens is 322 g/mol. The third-order valence-electron chi connectivity index (χ3n) is 1.76. The fourth-order valence-corrected chi connectivity index (χ4v) is 2.45. The molecule has 0 aliphatic heterocycles. The lowest BCUT2D eigenvalue weighted by molar-refractivity contribution is 0.881. The average molecular weight is 326 g/mol. The molecule has 15 heavy (non-hydrogen) atoms. The minimum absolute atomic E-state index is 0.461. The van der Waals surface area contributed by atoms with Crippen LogP contribution in [0, 0.1) is 0 Å². The molecule has 0 saturated carbocycles. The van der Waals surface area contributed by atoms with Crippen molar-refractivity contribution in [3.05, 3.63) is 44.1 Å². The van der Waals surface area contributed by atoms with Gasteiger partial charge in [0.15, 0.2) is 0 Å². The van der Waals surface area contributed by atoms with Crippen LogP contribution < -0.4 is 0 Å². The number of hydrogen-bond acceptors (Lipinski definition) is 1. The number of halogens is 4. The van der Waals surface area contributed by atoms with Gasteiger partial charge in [-0.1, -0.05) is 34.8 Å². The Balaban J connectivity index is 2.62. The van der Waals surface area contributed by atoms with Crippen molar-refractivity contribution in [1.29, 1.82) is 0 Å². The highest BCUT2D eigenvalue weighted by molar-refractivity contribution is 9.10. The third-order valence-corrected chi connectivity index (χ3v) is 2.97. The Bertz CT molecular complexity index is 487. The molecule has 1 heterocycles. The van der Waals surface area contributed by atoms with Crippen molar-refractivity contribution in [3.63, 3.8) is 0 Å². The molecule has 2 rings (SSSR count). The van der Waals surface area contributed by atoms with Crippen LogP contribution in [0.1, 0.15) is 0 Å².